The quantitative estimate of drug-likeness (QED) is 0.787. The van der Waals surface area contributed by atoms with E-state index in [0.29, 0.717) is 18.6 Å². The number of rotatable bonds is 4. The number of hydrogen-bond acceptors (Lipinski definition) is 3. The lowest BCUT2D eigenvalue weighted by molar-refractivity contribution is -0.147. The largest absolute Gasteiger partial charge is 0.481 e. The van der Waals surface area contributed by atoms with Crippen LogP contribution in [0.15, 0.2) is 0 Å². The first kappa shape index (κ1) is 11.9. The Balaban J connectivity index is 1.80. The number of nitrogens with zero attached hydrogens (tertiary/aromatic N) is 1. The van der Waals surface area contributed by atoms with Gasteiger partial charge in [-0.2, -0.15) is 0 Å². The third-order valence-electron chi connectivity index (χ3n) is 3.75. The molecule has 2 unspecified atom stereocenters. The van der Waals surface area contributed by atoms with Gasteiger partial charge in [-0.25, -0.2) is 0 Å². The predicted octanol–water partition coefficient (Wildman–Crippen LogP) is 1.35. The molecule has 0 aliphatic carbocycles. The number of carboxylic acids is 1. The van der Waals surface area contributed by atoms with Gasteiger partial charge in [0, 0.05) is 13.1 Å². The van der Waals surface area contributed by atoms with Crippen molar-refractivity contribution in [3.8, 4) is 0 Å². The summed E-state index contributed by atoms with van der Waals surface area (Å²) in [7, 11) is 0. The number of carbonyl (C=O) groups is 1. The van der Waals surface area contributed by atoms with Crippen LogP contribution in [-0.4, -0.2) is 47.8 Å². The van der Waals surface area contributed by atoms with Crippen molar-refractivity contribution in [1.82, 2.24) is 4.90 Å². The highest BCUT2D eigenvalue weighted by molar-refractivity contribution is 5.73. The minimum atomic E-state index is -0.705. The molecule has 0 amide bonds. The molecule has 0 radical (unpaired) electrons. The van der Waals surface area contributed by atoms with Gasteiger partial charge >= 0.3 is 5.97 Å². The standard InChI is InChI=1S/C12H21NO3/c1-12(2,11(14)15)5-6-13-7-9-3-4-10(8-13)16-9/h9-10H,3-8H2,1-2H3,(H,14,15). The van der Waals surface area contributed by atoms with E-state index in [1.165, 1.54) is 12.8 Å². The summed E-state index contributed by atoms with van der Waals surface area (Å²) in [6.07, 6.45) is 3.84. The van der Waals surface area contributed by atoms with Crippen LogP contribution in [0.2, 0.25) is 0 Å². The van der Waals surface area contributed by atoms with Crippen molar-refractivity contribution in [2.24, 2.45) is 5.41 Å². The second kappa shape index (κ2) is 4.34. The van der Waals surface area contributed by atoms with Crippen molar-refractivity contribution in [3.05, 3.63) is 0 Å². The second-order valence-electron chi connectivity index (χ2n) is 5.66. The first-order valence-electron chi connectivity index (χ1n) is 6.08. The molecule has 2 atom stereocenters. The number of fused-ring (bicyclic) bond motifs is 2. The minimum Gasteiger partial charge on any atom is -0.481 e. The Morgan fingerprint density at radius 1 is 1.38 bits per heavy atom. The Labute approximate surface area is 96.6 Å². The highest BCUT2D eigenvalue weighted by Gasteiger charge is 2.35. The van der Waals surface area contributed by atoms with Crippen LogP contribution in [-0.2, 0) is 9.53 Å². The summed E-state index contributed by atoms with van der Waals surface area (Å²) in [6.45, 7) is 6.42. The van der Waals surface area contributed by atoms with E-state index in [-0.39, 0.29) is 0 Å². The van der Waals surface area contributed by atoms with E-state index in [1.807, 2.05) is 0 Å². The summed E-state index contributed by atoms with van der Waals surface area (Å²) in [5, 5.41) is 9.04. The highest BCUT2D eigenvalue weighted by atomic mass is 16.5. The van der Waals surface area contributed by atoms with Gasteiger partial charge in [0.1, 0.15) is 0 Å². The Hall–Kier alpha value is -0.610. The van der Waals surface area contributed by atoms with Crippen molar-refractivity contribution < 1.29 is 14.6 Å². The number of ether oxygens (including phenoxy) is 1. The lowest BCUT2D eigenvalue weighted by Crippen LogP contribution is -2.44. The molecular weight excluding hydrogens is 206 g/mol. The lowest BCUT2D eigenvalue weighted by atomic mass is 9.89. The summed E-state index contributed by atoms with van der Waals surface area (Å²) in [6, 6.07) is 0. The summed E-state index contributed by atoms with van der Waals surface area (Å²) in [5.41, 5.74) is -0.614. The van der Waals surface area contributed by atoms with E-state index in [2.05, 4.69) is 4.90 Å². The van der Waals surface area contributed by atoms with Crippen LogP contribution >= 0.6 is 0 Å². The van der Waals surface area contributed by atoms with Crippen LogP contribution in [0.3, 0.4) is 0 Å². The molecule has 0 aromatic carbocycles. The van der Waals surface area contributed by atoms with E-state index < -0.39 is 11.4 Å². The average molecular weight is 227 g/mol. The Bertz CT molecular complexity index is 265. The fraction of sp³-hybridized carbons (Fsp3) is 0.917. The third-order valence-corrected chi connectivity index (χ3v) is 3.75. The molecule has 92 valence electrons. The van der Waals surface area contributed by atoms with E-state index in [0.717, 1.165) is 19.6 Å². The molecule has 0 spiro atoms. The number of hydrogen-bond donors (Lipinski definition) is 1. The van der Waals surface area contributed by atoms with Crippen LogP contribution in [0.5, 0.6) is 0 Å². The van der Waals surface area contributed by atoms with Gasteiger partial charge in [-0.15, -0.1) is 0 Å². The van der Waals surface area contributed by atoms with Crippen LogP contribution in [0.1, 0.15) is 33.1 Å². The molecule has 2 saturated heterocycles. The zero-order valence-electron chi connectivity index (χ0n) is 10.1. The van der Waals surface area contributed by atoms with Crippen molar-refractivity contribution in [2.45, 2.75) is 45.3 Å². The summed E-state index contributed by atoms with van der Waals surface area (Å²) in [5.74, 6) is -0.705. The molecule has 4 heteroatoms. The first-order valence-corrected chi connectivity index (χ1v) is 6.08. The van der Waals surface area contributed by atoms with Crippen LogP contribution in [0.4, 0.5) is 0 Å². The van der Waals surface area contributed by atoms with Crippen LogP contribution in [0, 0.1) is 5.41 Å². The van der Waals surface area contributed by atoms with Crippen molar-refractivity contribution in [3.63, 3.8) is 0 Å². The van der Waals surface area contributed by atoms with E-state index >= 15 is 0 Å². The minimum absolute atomic E-state index is 0.395. The van der Waals surface area contributed by atoms with Gasteiger partial charge in [0.2, 0.25) is 0 Å². The van der Waals surface area contributed by atoms with E-state index in [9.17, 15) is 4.79 Å². The van der Waals surface area contributed by atoms with Gasteiger partial charge < -0.3 is 9.84 Å². The molecule has 2 rings (SSSR count). The van der Waals surface area contributed by atoms with E-state index in [4.69, 9.17) is 9.84 Å². The molecule has 2 heterocycles. The van der Waals surface area contributed by atoms with Gasteiger partial charge in [-0.3, -0.25) is 9.69 Å². The molecule has 4 nitrogen and oxygen atoms in total. The predicted molar refractivity (Wildman–Crippen MR) is 60.4 cm³/mol. The normalized spacial score (nSPS) is 30.6. The lowest BCUT2D eigenvalue weighted by Gasteiger charge is -2.33. The fourth-order valence-electron chi connectivity index (χ4n) is 2.43. The second-order valence-corrected chi connectivity index (χ2v) is 5.66. The SMILES string of the molecule is CC(C)(CCN1CC2CCC(C1)O2)C(=O)O. The summed E-state index contributed by atoms with van der Waals surface area (Å²) >= 11 is 0. The molecule has 2 aliphatic heterocycles. The molecule has 0 aromatic rings. The van der Waals surface area contributed by atoms with Crippen LogP contribution < -0.4 is 0 Å². The number of carboxylic acid groups (broad SMARTS) is 1. The maximum atomic E-state index is 11.0. The molecule has 2 bridgehead atoms. The molecule has 0 saturated carbocycles. The molecule has 2 aliphatic rings. The molecule has 2 fully saturated rings. The number of likely N-dealkylation sites (tertiary alicyclic amines) is 1. The number of aliphatic carboxylic acids is 1. The molecule has 16 heavy (non-hydrogen) atoms. The fourth-order valence-corrected chi connectivity index (χ4v) is 2.43. The van der Waals surface area contributed by atoms with Crippen molar-refractivity contribution in [2.75, 3.05) is 19.6 Å². The molecular formula is C12H21NO3. The zero-order valence-corrected chi connectivity index (χ0v) is 10.1. The smallest absolute Gasteiger partial charge is 0.309 e. The van der Waals surface area contributed by atoms with Gasteiger partial charge in [0.15, 0.2) is 0 Å². The van der Waals surface area contributed by atoms with Crippen molar-refractivity contribution >= 4 is 5.97 Å². The summed E-state index contributed by atoms with van der Waals surface area (Å²) < 4.78 is 5.75. The topological polar surface area (TPSA) is 49.8 Å². The maximum absolute atomic E-state index is 11.0. The highest BCUT2D eigenvalue weighted by Crippen LogP contribution is 2.28. The van der Waals surface area contributed by atoms with Gasteiger partial charge in [-0.05, 0) is 39.7 Å². The van der Waals surface area contributed by atoms with Gasteiger partial charge in [-0.1, -0.05) is 0 Å². The van der Waals surface area contributed by atoms with E-state index in [1.54, 1.807) is 13.8 Å². The van der Waals surface area contributed by atoms with Gasteiger partial charge in [0.05, 0.1) is 17.6 Å². The monoisotopic (exact) mass is 227 g/mol. The maximum Gasteiger partial charge on any atom is 0.309 e. The third kappa shape index (κ3) is 2.55. The Morgan fingerprint density at radius 2 is 1.94 bits per heavy atom. The van der Waals surface area contributed by atoms with Gasteiger partial charge in [0.25, 0.3) is 0 Å². The summed E-state index contributed by atoms with van der Waals surface area (Å²) in [4.78, 5) is 13.3. The van der Waals surface area contributed by atoms with Crippen molar-refractivity contribution in [1.29, 1.82) is 0 Å². The Morgan fingerprint density at radius 3 is 2.44 bits per heavy atom. The molecule has 1 N–H and O–H groups in total. The number of morpholine rings is 1. The molecule has 0 aromatic heterocycles. The average Bonchev–Trinajstić information content (AvgIpc) is 2.55. The van der Waals surface area contributed by atoms with Crippen LogP contribution in [0.25, 0.3) is 0 Å². The first-order chi connectivity index (χ1) is 7.47. The zero-order chi connectivity index (χ0) is 11.8. The Kier molecular flexibility index (Phi) is 3.22.